The van der Waals surface area contributed by atoms with Crippen molar-refractivity contribution in [3.63, 3.8) is 0 Å². The Labute approximate surface area is 144 Å². The SMILES string of the molecule is CC1(C)COB(c2ccc(-c3ccc(C(C)(C)C)cc3)s2)OC1. The summed E-state index contributed by atoms with van der Waals surface area (Å²) in [5.74, 6) is 0. The van der Waals surface area contributed by atoms with E-state index in [4.69, 9.17) is 9.31 Å². The van der Waals surface area contributed by atoms with Crippen LogP contribution in [0.3, 0.4) is 0 Å². The van der Waals surface area contributed by atoms with Crippen LogP contribution in [0.1, 0.15) is 40.2 Å². The first-order valence-corrected chi connectivity index (χ1v) is 9.00. The summed E-state index contributed by atoms with van der Waals surface area (Å²) in [4.78, 5) is 1.26. The third-order valence-electron chi connectivity index (χ3n) is 4.15. The van der Waals surface area contributed by atoms with Crippen LogP contribution in [0, 0.1) is 5.41 Å². The van der Waals surface area contributed by atoms with Gasteiger partial charge >= 0.3 is 7.12 Å². The number of hydrogen-bond acceptors (Lipinski definition) is 3. The average molecular weight is 328 g/mol. The van der Waals surface area contributed by atoms with Crippen LogP contribution in [0.15, 0.2) is 36.4 Å². The van der Waals surface area contributed by atoms with Crippen LogP contribution in [0.2, 0.25) is 0 Å². The van der Waals surface area contributed by atoms with Crippen molar-refractivity contribution in [3.8, 4) is 10.4 Å². The van der Waals surface area contributed by atoms with Crippen molar-refractivity contribution in [2.45, 2.75) is 40.0 Å². The van der Waals surface area contributed by atoms with E-state index < -0.39 is 0 Å². The van der Waals surface area contributed by atoms with E-state index in [0.717, 1.165) is 18.0 Å². The largest absolute Gasteiger partial charge is 0.504 e. The fraction of sp³-hybridized carbons (Fsp3) is 0.474. The second-order valence-corrected chi connectivity index (χ2v) is 9.26. The van der Waals surface area contributed by atoms with Crippen molar-refractivity contribution < 1.29 is 9.31 Å². The molecule has 1 aromatic heterocycles. The lowest BCUT2D eigenvalue weighted by atomic mass is 9.82. The van der Waals surface area contributed by atoms with Crippen molar-refractivity contribution in [2.24, 2.45) is 5.41 Å². The molecule has 0 atom stereocenters. The molecule has 0 bridgehead atoms. The molecular weight excluding hydrogens is 303 g/mol. The molecule has 1 aromatic carbocycles. The molecule has 0 amide bonds. The maximum absolute atomic E-state index is 5.88. The summed E-state index contributed by atoms with van der Waals surface area (Å²) < 4.78 is 12.9. The van der Waals surface area contributed by atoms with Crippen LogP contribution < -0.4 is 4.78 Å². The smallest absolute Gasteiger partial charge is 0.406 e. The molecule has 1 fully saturated rings. The van der Waals surface area contributed by atoms with Crippen molar-refractivity contribution >= 4 is 23.2 Å². The molecule has 2 nitrogen and oxygen atoms in total. The zero-order valence-corrected chi connectivity index (χ0v) is 15.5. The van der Waals surface area contributed by atoms with E-state index in [-0.39, 0.29) is 17.9 Å². The number of benzene rings is 1. The number of rotatable bonds is 2. The summed E-state index contributed by atoms with van der Waals surface area (Å²) in [5.41, 5.74) is 2.92. The standard InChI is InChI=1S/C19H25BO2S/c1-18(2,3)15-8-6-14(7-9-15)16-10-11-17(23-16)20-21-12-19(4,5)13-22-20/h6-11H,12-13H2,1-5H3. The Balaban J connectivity index is 1.75. The van der Waals surface area contributed by atoms with Gasteiger partial charge in [0.05, 0.1) is 0 Å². The van der Waals surface area contributed by atoms with Crippen LogP contribution in [-0.4, -0.2) is 20.3 Å². The fourth-order valence-electron chi connectivity index (χ4n) is 2.63. The second kappa shape index (κ2) is 6.08. The van der Waals surface area contributed by atoms with Gasteiger partial charge in [0.2, 0.25) is 0 Å². The lowest BCUT2D eigenvalue weighted by Crippen LogP contribution is -2.46. The summed E-state index contributed by atoms with van der Waals surface area (Å²) >= 11 is 1.76. The second-order valence-electron chi connectivity index (χ2n) is 8.15. The molecule has 0 radical (unpaired) electrons. The minimum absolute atomic E-state index is 0.110. The van der Waals surface area contributed by atoms with Gasteiger partial charge in [0, 0.05) is 28.3 Å². The Kier molecular flexibility index (Phi) is 4.43. The molecule has 0 saturated carbocycles. The van der Waals surface area contributed by atoms with Crippen LogP contribution in [0.25, 0.3) is 10.4 Å². The Morgan fingerprint density at radius 2 is 1.57 bits per heavy atom. The Morgan fingerprint density at radius 3 is 2.13 bits per heavy atom. The highest BCUT2D eigenvalue weighted by molar-refractivity contribution is 7.25. The van der Waals surface area contributed by atoms with Crippen LogP contribution >= 0.6 is 11.3 Å². The number of hydrogen-bond donors (Lipinski definition) is 0. The fourth-order valence-corrected chi connectivity index (χ4v) is 3.64. The Morgan fingerprint density at radius 1 is 0.957 bits per heavy atom. The van der Waals surface area contributed by atoms with Crippen molar-refractivity contribution in [1.29, 1.82) is 0 Å². The minimum Gasteiger partial charge on any atom is -0.406 e. The predicted octanol–water partition coefficient (Wildman–Crippen LogP) is 4.48. The molecule has 4 heteroatoms. The summed E-state index contributed by atoms with van der Waals surface area (Å²) in [5, 5.41) is 0. The molecule has 2 aromatic rings. The van der Waals surface area contributed by atoms with E-state index in [2.05, 4.69) is 71.0 Å². The first-order valence-electron chi connectivity index (χ1n) is 8.18. The third kappa shape index (κ3) is 3.88. The van der Waals surface area contributed by atoms with E-state index in [9.17, 15) is 0 Å². The molecule has 0 aliphatic carbocycles. The predicted molar refractivity (Wildman–Crippen MR) is 99.5 cm³/mol. The molecule has 3 rings (SSSR count). The van der Waals surface area contributed by atoms with Gasteiger partial charge in [0.25, 0.3) is 0 Å². The van der Waals surface area contributed by atoms with E-state index in [1.807, 2.05) is 0 Å². The molecule has 1 saturated heterocycles. The summed E-state index contributed by atoms with van der Waals surface area (Å²) in [6.07, 6.45) is 0. The van der Waals surface area contributed by atoms with Crippen LogP contribution in [0.5, 0.6) is 0 Å². The van der Waals surface area contributed by atoms with Gasteiger partial charge in [-0.1, -0.05) is 65.0 Å². The molecule has 122 valence electrons. The summed E-state index contributed by atoms with van der Waals surface area (Å²) in [7, 11) is -0.212. The van der Waals surface area contributed by atoms with Crippen LogP contribution in [0.4, 0.5) is 0 Å². The van der Waals surface area contributed by atoms with Gasteiger partial charge in [-0.3, -0.25) is 0 Å². The zero-order chi connectivity index (χ0) is 16.7. The van der Waals surface area contributed by atoms with Gasteiger partial charge in [-0.25, -0.2) is 0 Å². The van der Waals surface area contributed by atoms with Gasteiger partial charge in [-0.05, 0) is 22.6 Å². The Bertz CT molecular complexity index is 657. The van der Waals surface area contributed by atoms with E-state index >= 15 is 0 Å². The van der Waals surface area contributed by atoms with Crippen molar-refractivity contribution in [1.82, 2.24) is 0 Å². The average Bonchev–Trinajstić information content (AvgIpc) is 2.96. The monoisotopic (exact) mass is 328 g/mol. The Hall–Kier alpha value is -1.10. The molecule has 0 N–H and O–H groups in total. The van der Waals surface area contributed by atoms with Crippen LogP contribution in [-0.2, 0) is 14.7 Å². The lowest BCUT2D eigenvalue weighted by Gasteiger charge is -2.32. The summed E-state index contributed by atoms with van der Waals surface area (Å²) in [6, 6.07) is 13.2. The molecule has 1 aliphatic heterocycles. The summed E-state index contributed by atoms with van der Waals surface area (Å²) in [6.45, 7) is 12.5. The van der Waals surface area contributed by atoms with Gasteiger partial charge in [0.15, 0.2) is 0 Å². The van der Waals surface area contributed by atoms with Crippen molar-refractivity contribution in [2.75, 3.05) is 13.2 Å². The third-order valence-corrected chi connectivity index (χ3v) is 5.30. The van der Waals surface area contributed by atoms with E-state index in [1.54, 1.807) is 11.3 Å². The quantitative estimate of drug-likeness (QED) is 0.757. The highest BCUT2D eigenvalue weighted by Crippen LogP contribution is 2.29. The maximum atomic E-state index is 5.88. The molecule has 0 unspecified atom stereocenters. The minimum atomic E-state index is -0.212. The maximum Gasteiger partial charge on any atom is 0.504 e. The molecular formula is C19H25BO2S. The van der Waals surface area contributed by atoms with Crippen molar-refractivity contribution in [3.05, 3.63) is 42.0 Å². The highest BCUT2D eigenvalue weighted by atomic mass is 32.1. The van der Waals surface area contributed by atoms with E-state index in [1.165, 1.54) is 16.0 Å². The number of thiophene rings is 1. The molecule has 0 spiro atoms. The first kappa shape index (κ1) is 16.8. The highest BCUT2D eigenvalue weighted by Gasteiger charge is 2.34. The van der Waals surface area contributed by atoms with Gasteiger partial charge in [-0.2, -0.15) is 0 Å². The van der Waals surface area contributed by atoms with Gasteiger partial charge in [0.1, 0.15) is 0 Å². The lowest BCUT2D eigenvalue weighted by molar-refractivity contribution is 0.0346. The topological polar surface area (TPSA) is 18.5 Å². The normalized spacial score (nSPS) is 18.2. The van der Waals surface area contributed by atoms with E-state index in [0.29, 0.717) is 0 Å². The molecule has 23 heavy (non-hydrogen) atoms. The van der Waals surface area contributed by atoms with Gasteiger partial charge < -0.3 is 9.31 Å². The first-order chi connectivity index (χ1) is 10.7. The molecule has 1 aliphatic rings. The zero-order valence-electron chi connectivity index (χ0n) is 14.7. The molecule has 2 heterocycles. The van der Waals surface area contributed by atoms with Gasteiger partial charge in [-0.15, -0.1) is 11.3 Å².